The third-order valence-corrected chi connectivity index (χ3v) is 3.60. The molecule has 7 heteroatoms. The van der Waals surface area contributed by atoms with E-state index < -0.39 is 5.91 Å². The molecule has 0 aliphatic carbocycles. The lowest BCUT2D eigenvalue weighted by molar-refractivity contribution is 0.0782. The molecule has 0 fully saturated rings. The maximum absolute atomic E-state index is 12.4. The largest absolute Gasteiger partial charge is 0.507 e. The van der Waals surface area contributed by atoms with Crippen LogP contribution in [-0.4, -0.2) is 28.1 Å². The fourth-order valence-corrected chi connectivity index (χ4v) is 2.34. The van der Waals surface area contributed by atoms with Crippen molar-refractivity contribution >= 4 is 17.5 Å². The minimum absolute atomic E-state index is 0.000938. The lowest BCUT2D eigenvalue weighted by Gasteiger charge is -2.18. The number of hydrogen-bond donors (Lipinski definition) is 2. The van der Waals surface area contributed by atoms with Gasteiger partial charge in [0.1, 0.15) is 18.0 Å². The second-order valence-corrected chi connectivity index (χ2v) is 5.50. The van der Waals surface area contributed by atoms with Gasteiger partial charge in [-0.2, -0.15) is 4.91 Å². The summed E-state index contributed by atoms with van der Waals surface area (Å²) in [6.07, 6.45) is 0. The highest BCUT2D eigenvalue weighted by Crippen LogP contribution is 2.31. The smallest absolute Gasteiger partial charge is 0.257 e. The molecule has 0 unspecified atom stereocenters. The van der Waals surface area contributed by atoms with Crippen LogP contribution < -0.4 is 0 Å². The van der Waals surface area contributed by atoms with Crippen LogP contribution in [0.5, 0.6) is 11.5 Å². The van der Waals surface area contributed by atoms with Crippen molar-refractivity contribution in [3.8, 4) is 11.5 Å². The van der Waals surface area contributed by atoms with E-state index >= 15 is 0 Å². The minimum Gasteiger partial charge on any atom is -0.507 e. The van der Waals surface area contributed by atoms with Gasteiger partial charge in [-0.05, 0) is 17.2 Å². The third kappa shape index (κ3) is 3.98. The molecular weight excluding hydrogens is 320 g/mol. The second-order valence-electron chi connectivity index (χ2n) is 5.09. The molecule has 6 nitrogen and oxygen atoms in total. The first-order valence-corrected chi connectivity index (χ1v) is 7.14. The Morgan fingerprint density at radius 2 is 1.87 bits per heavy atom. The van der Waals surface area contributed by atoms with Crippen molar-refractivity contribution in [3.05, 3.63) is 63.0 Å². The molecule has 1 amide bonds. The van der Waals surface area contributed by atoms with Crippen LogP contribution in [0.4, 0.5) is 0 Å². The predicted molar refractivity (Wildman–Crippen MR) is 86.5 cm³/mol. The van der Waals surface area contributed by atoms with Gasteiger partial charge in [-0.25, -0.2) is 0 Å². The molecule has 23 heavy (non-hydrogen) atoms. The van der Waals surface area contributed by atoms with Crippen LogP contribution in [0.15, 0.2) is 41.6 Å². The lowest BCUT2D eigenvalue weighted by atomic mass is 10.1. The molecule has 2 aromatic carbocycles. The zero-order chi connectivity index (χ0) is 17.0. The maximum Gasteiger partial charge on any atom is 0.257 e. The van der Waals surface area contributed by atoms with E-state index in [1.165, 1.54) is 11.0 Å². The van der Waals surface area contributed by atoms with Gasteiger partial charge in [-0.15, -0.1) is 0 Å². The number of aromatic hydroxyl groups is 2. The van der Waals surface area contributed by atoms with E-state index in [4.69, 9.17) is 11.6 Å². The van der Waals surface area contributed by atoms with E-state index in [1.807, 2.05) is 6.07 Å². The highest BCUT2D eigenvalue weighted by Gasteiger charge is 2.18. The summed E-state index contributed by atoms with van der Waals surface area (Å²) < 4.78 is 0. The van der Waals surface area contributed by atoms with Gasteiger partial charge >= 0.3 is 0 Å². The number of hydrogen-bond acceptors (Lipinski definition) is 5. The first-order chi connectivity index (χ1) is 10.9. The molecule has 0 saturated heterocycles. The third-order valence-electron chi connectivity index (χ3n) is 3.30. The number of carbonyl (C=O) groups is 1. The molecule has 0 heterocycles. The average Bonchev–Trinajstić information content (AvgIpc) is 2.51. The number of phenolic OH excluding ortho intramolecular Hbond substituents is 2. The van der Waals surface area contributed by atoms with Crippen LogP contribution in [0.1, 0.15) is 21.5 Å². The van der Waals surface area contributed by atoms with Gasteiger partial charge in [-0.1, -0.05) is 41.0 Å². The van der Waals surface area contributed by atoms with Crippen molar-refractivity contribution in [1.29, 1.82) is 0 Å². The van der Waals surface area contributed by atoms with Gasteiger partial charge in [0, 0.05) is 19.7 Å². The van der Waals surface area contributed by atoms with Crippen LogP contribution in [-0.2, 0) is 13.1 Å². The van der Waals surface area contributed by atoms with E-state index in [0.717, 1.165) is 17.2 Å². The SMILES string of the molecule is CN(Cc1cccc(CN=O)c1)C(=O)c1cc(Cl)c(O)cc1O. The summed E-state index contributed by atoms with van der Waals surface area (Å²) in [5.74, 6) is -1.08. The normalized spacial score (nSPS) is 10.3. The Balaban J connectivity index is 2.19. The molecule has 0 radical (unpaired) electrons. The van der Waals surface area contributed by atoms with Gasteiger partial charge in [0.05, 0.1) is 10.6 Å². The second kappa shape index (κ2) is 7.11. The maximum atomic E-state index is 12.4. The molecule has 0 saturated carbocycles. The number of rotatable bonds is 5. The van der Waals surface area contributed by atoms with Crippen LogP contribution >= 0.6 is 11.6 Å². The van der Waals surface area contributed by atoms with Crippen molar-refractivity contribution in [1.82, 2.24) is 4.90 Å². The Kier molecular flexibility index (Phi) is 5.18. The molecule has 120 valence electrons. The number of benzene rings is 2. The Bertz CT molecular complexity index is 749. The summed E-state index contributed by atoms with van der Waals surface area (Å²) in [6, 6.07) is 9.41. The van der Waals surface area contributed by atoms with Crippen molar-refractivity contribution in [2.45, 2.75) is 13.1 Å². The molecule has 2 N–H and O–H groups in total. The quantitative estimate of drug-likeness (QED) is 0.821. The number of phenols is 2. The monoisotopic (exact) mass is 334 g/mol. The molecular formula is C16H15ClN2O4. The van der Waals surface area contributed by atoms with Gasteiger partial charge in [0.2, 0.25) is 0 Å². The van der Waals surface area contributed by atoms with Crippen molar-refractivity contribution in [2.24, 2.45) is 5.18 Å². The Morgan fingerprint density at radius 3 is 2.57 bits per heavy atom. The van der Waals surface area contributed by atoms with Crippen LogP contribution in [0, 0.1) is 4.91 Å². The van der Waals surface area contributed by atoms with Crippen molar-refractivity contribution in [2.75, 3.05) is 7.05 Å². The molecule has 0 aromatic heterocycles. The zero-order valence-electron chi connectivity index (χ0n) is 12.4. The number of halogens is 1. The van der Waals surface area contributed by atoms with E-state index in [1.54, 1.807) is 25.2 Å². The van der Waals surface area contributed by atoms with E-state index in [2.05, 4.69) is 5.18 Å². The summed E-state index contributed by atoms with van der Waals surface area (Å²) in [4.78, 5) is 24.1. The summed E-state index contributed by atoms with van der Waals surface area (Å²) >= 11 is 5.78. The summed E-state index contributed by atoms with van der Waals surface area (Å²) in [7, 11) is 1.58. The minimum atomic E-state index is -0.441. The van der Waals surface area contributed by atoms with E-state index in [0.29, 0.717) is 0 Å². The van der Waals surface area contributed by atoms with Crippen molar-refractivity contribution in [3.63, 3.8) is 0 Å². The first-order valence-electron chi connectivity index (χ1n) is 6.76. The fraction of sp³-hybridized carbons (Fsp3) is 0.188. The molecule has 0 spiro atoms. The topological polar surface area (TPSA) is 90.2 Å². The summed E-state index contributed by atoms with van der Waals surface area (Å²) in [6.45, 7) is 0.351. The van der Waals surface area contributed by atoms with Gasteiger partial charge in [-0.3, -0.25) is 4.79 Å². The number of carbonyl (C=O) groups excluding carboxylic acids is 1. The van der Waals surface area contributed by atoms with Crippen LogP contribution in [0.3, 0.4) is 0 Å². The van der Waals surface area contributed by atoms with Crippen molar-refractivity contribution < 1.29 is 15.0 Å². The van der Waals surface area contributed by atoms with Gasteiger partial charge in [0.15, 0.2) is 0 Å². The summed E-state index contributed by atoms with van der Waals surface area (Å²) in [5, 5.41) is 22.0. The first kappa shape index (κ1) is 16.8. The summed E-state index contributed by atoms with van der Waals surface area (Å²) in [5.41, 5.74) is 1.58. The van der Waals surface area contributed by atoms with Crippen LogP contribution in [0.25, 0.3) is 0 Å². The zero-order valence-corrected chi connectivity index (χ0v) is 13.1. The Morgan fingerprint density at radius 1 is 1.17 bits per heavy atom. The lowest BCUT2D eigenvalue weighted by Crippen LogP contribution is -2.26. The molecule has 2 aromatic rings. The Labute approximate surface area is 137 Å². The molecule has 0 aliphatic rings. The Hall–Kier alpha value is -2.60. The van der Waals surface area contributed by atoms with Gasteiger partial charge < -0.3 is 15.1 Å². The molecule has 0 bridgehead atoms. The number of nitrogens with zero attached hydrogens (tertiary/aromatic N) is 2. The molecule has 2 rings (SSSR count). The molecule has 0 atom stereocenters. The van der Waals surface area contributed by atoms with E-state index in [-0.39, 0.29) is 35.2 Å². The van der Waals surface area contributed by atoms with Crippen LogP contribution in [0.2, 0.25) is 5.02 Å². The number of nitroso groups, excluding NO2 is 1. The highest BCUT2D eigenvalue weighted by molar-refractivity contribution is 6.32. The number of amides is 1. The van der Waals surface area contributed by atoms with Gasteiger partial charge in [0.25, 0.3) is 5.91 Å². The highest BCUT2D eigenvalue weighted by atomic mass is 35.5. The predicted octanol–water partition coefficient (Wildman–Crippen LogP) is 3.29. The van der Waals surface area contributed by atoms with E-state index in [9.17, 15) is 19.9 Å². The molecule has 0 aliphatic heterocycles. The standard InChI is InChI=1S/C16H15ClN2O4/c1-19(9-11-4-2-3-10(5-11)8-18-23)16(22)12-6-13(17)15(21)7-14(12)20/h2-7,20-21H,8-9H2,1H3. The average molecular weight is 335 g/mol. The fourth-order valence-electron chi connectivity index (χ4n) is 2.17.